The van der Waals surface area contributed by atoms with Gasteiger partial charge < -0.3 is 4.90 Å². The van der Waals surface area contributed by atoms with Gasteiger partial charge in [-0.05, 0) is 31.8 Å². The quantitative estimate of drug-likeness (QED) is 0.422. The lowest BCUT2D eigenvalue weighted by atomic mass is 10.0. The maximum Gasteiger partial charge on any atom is 0.0223 e. The van der Waals surface area contributed by atoms with Crippen LogP contribution in [0, 0.1) is 5.92 Å². The summed E-state index contributed by atoms with van der Waals surface area (Å²) in [4.78, 5) is 2.56. The molecular weight excluding hydrogens is 194 g/mol. The Labute approximate surface area is 94.8 Å². The predicted molar refractivity (Wildman–Crippen MR) is 66.1 cm³/mol. The topological polar surface area (TPSA) is 3.24 Å². The van der Waals surface area contributed by atoms with Crippen LogP contribution in [0.4, 0.5) is 0 Å². The Morgan fingerprint density at radius 2 is 1.71 bits per heavy atom. The molecule has 0 aliphatic rings. The molecule has 0 amide bonds. The molecule has 14 heavy (non-hydrogen) atoms. The van der Waals surface area contributed by atoms with Crippen LogP contribution in [-0.4, -0.2) is 30.4 Å². The molecule has 0 fully saturated rings. The minimum atomic E-state index is 0.808. The Morgan fingerprint density at radius 3 is 2.14 bits per heavy atom. The molecule has 0 N–H and O–H groups in total. The lowest BCUT2D eigenvalue weighted by Gasteiger charge is -2.24. The van der Waals surface area contributed by atoms with E-state index in [1.54, 1.807) is 0 Å². The van der Waals surface area contributed by atoms with E-state index in [4.69, 9.17) is 11.6 Å². The molecule has 0 bridgehead atoms. The number of halogens is 1. The van der Waals surface area contributed by atoms with Crippen LogP contribution >= 0.6 is 11.6 Å². The highest BCUT2D eigenvalue weighted by Gasteiger charge is 2.08. The van der Waals surface area contributed by atoms with Gasteiger partial charge in [0.1, 0.15) is 0 Å². The lowest BCUT2D eigenvalue weighted by Crippen LogP contribution is -2.30. The highest BCUT2D eigenvalue weighted by molar-refractivity contribution is 6.17. The zero-order chi connectivity index (χ0) is 10.8. The Morgan fingerprint density at radius 1 is 1.07 bits per heavy atom. The Balaban J connectivity index is 3.65. The van der Waals surface area contributed by atoms with Crippen molar-refractivity contribution in [2.24, 2.45) is 5.92 Å². The number of rotatable bonds is 9. The molecule has 0 atom stereocenters. The molecule has 0 heterocycles. The molecule has 1 nitrogen and oxygen atoms in total. The van der Waals surface area contributed by atoms with Crippen molar-refractivity contribution in [1.29, 1.82) is 0 Å². The summed E-state index contributed by atoms with van der Waals surface area (Å²) < 4.78 is 0. The van der Waals surface area contributed by atoms with Crippen LogP contribution in [0.25, 0.3) is 0 Å². The molecule has 0 spiro atoms. The first kappa shape index (κ1) is 14.2. The van der Waals surface area contributed by atoms with Gasteiger partial charge in [-0.2, -0.15) is 0 Å². The Bertz CT molecular complexity index is 113. The zero-order valence-electron chi connectivity index (χ0n) is 10.1. The molecule has 0 saturated heterocycles. The molecular formula is C12H26ClN. The van der Waals surface area contributed by atoms with Crippen LogP contribution in [0.5, 0.6) is 0 Å². The minimum Gasteiger partial charge on any atom is -0.303 e. The summed E-state index contributed by atoms with van der Waals surface area (Å²) in [5.41, 5.74) is 0. The van der Waals surface area contributed by atoms with Gasteiger partial charge >= 0.3 is 0 Å². The summed E-state index contributed by atoms with van der Waals surface area (Å²) in [6.45, 7) is 10.5. The van der Waals surface area contributed by atoms with Crippen molar-refractivity contribution < 1.29 is 0 Å². The van der Waals surface area contributed by atoms with E-state index in [-0.39, 0.29) is 0 Å². The average Bonchev–Trinajstić information content (AvgIpc) is 2.23. The number of alkyl halides is 1. The SMILES string of the molecule is CCC(CC)CN(CC)CCCCCl. The second kappa shape index (κ2) is 9.79. The molecule has 0 aromatic carbocycles. The van der Waals surface area contributed by atoms with Crippen LogP contribution in [-0.2, 0) is 0 Å². The summed E-state index contributed by atoms with van der Waals surface area (Å²) in [6.07, 6.45) is 5.02. The fraction of sp³-hybridized carbons (Fsp3) is 1.00. The number of nitrogens with zero attached hydrogens (tertiary/aromatic N) is 1. The zero-order valence-corrected chi connectivity index (χ0v) is 10.8. The van der Waals surface area contributed by atoms with Crippen molar-refractivity contribution in [1.82, 2.24) is 4.90 Å². The molecule has 0 saturated carbocycles. The van der Waals surface area contributed by atoms with Crippen LogP contribution < -0.4 is 0 Å². The third-order valence-corrected chi connectivity index (χ3v) is 3.24. The van der Waals surface area contributed by atoms with Gasteiger partial charge in [-0.25, -0.2) is 0 Å². The average molecular weight is 220 g/mol. The number of hydrogen-bond acceptors (Lipinski definition) is 1. The molecule has 86 valence electrons. The van der Waals surface area contributed by atoms with E-state index in [2.05, 4.69) is 25.7 Å². The first-order chi connectivity index (χ1) is 6.78. The first-order valence-corrected chi connectivity index (χ1v) is 6.60. The third kappa shape index (κ3) is 6.67. The molecule has 0 aromatic heterocycles. The highest BCUT2D eigenvalue weighted by atomic mass is 35.5. The van der Waals surface area contributed by atoms with Gasteiger partial charge in [-0.1, -0.05) is 33.6 Å². The van der Waals surface area contributed by atoms with E-state index in [9.17, 15) is 0 Å². The van der Waals surface area contributed by atoms with E-state index in [0.29, 0.717) is 0 Å². The van der Waals surface area contributed by atoms with Crippen molar-refractivity contribution >= 4 is 11.6 Å². The fourth-order valence-corrected chi connectivity index (χ4v) is 1.91. The number of unbranched alkanes of at least 4 members (excludes halogenated alkanes) is 1. The predicted octanol–water partition coefficient (Wildman–Crippen LogP) is 3.76. The molecule has 0 aromatic rings. The minimum absolute atomic E-state index is 0.808. The normalized spacial score (nSPS) is 11.6. The molecule has 0 unspecified atom stereocenters. The van der Waals surface area contributed by atoms with Crippen LogP contribution in [0.15, 0.2) is 0 Å². The van der Waals surface area contributed by atoms with Gasteiger partial charge in [0, 0.05) is 12.4 Å². The summed E-state index contributed by atoms with van der Waals surface area (Å²) >= 11 is 5.67. The van der Waals surface area contributed by atoms with Crippen molar-refractivity contribution in [3.8, 4) is 0 Å². The largest absolute Gasteiger partial charge is 0.303 e. The molecule has 0 aliphatic heterocycles. The Hall–Kier alpha value is 0.250. The van der Waals surface area contributed by atoms with Gasteiger partial charge in [-0.15, -0.1) is 11.6 Å². The van der Waals surface area contributed by atoms with Gasteiger partial charge in [-0.3, -0.25) is 0 Å². The van der Waals surface area contributed by atoms with Crippen molar-refractivity contribution in [2.75, 3.05) is 25.5 Å². The van der Waals surface area contributed by atoms with Crippen molar-refractivity contribution in [2.45, 2.75) is 46.5 Å². The summed E-state index contributed by atoms with van der Waals surface area (Å²) in [6, 6.07) is 0. The second-order valence-electron chi connectivity index (χ2n) is 3.97. The van der Waals surface area contributed by atoms with Gasteiger partial charge in [0.25, 0.3) is 0 Å². The van der Waals surface area contributed by atoms with Crippen LogP contribution in [0.3, 0.4) is 0 Å². The van der Waals surface area contributed by atoms with E-state index < -0.39 is 0 Å². The standard InChI is InChI=1S/C12H26ClN/c1-4-12(5-2)11-14(6-3)10-8-7-9-13/h12H,4-11H2,1-3H3. The van der Waals surface area contributed by atoms with Gasteiger partial charge in [0.05, 0.1) is 0 Å². The smallest absolute Gasteiger partial charge is 0.0223 e. The molecule has 0 aliphatic carbocycles. The summed E-state index contributed by atoms with van der Waals surface area (Å²) in [5.74, 6) is 1.69. The summed E-state index contributed by atoms with van der Waals surface area (Å²) in [5, 5.41) is 0. The monoisotopic (exact) mass is 219 g/mol. The first-order valence-electron chi connectivity index (χ1n) is 6.06. The van der Waals surface area contributed by atoms with Crippen molar-refractivity contribution in [3.05, 3.63) is 0 Å². The molecule has 0 radical (unpaired) electrons. The maximum atomic E-state index is 5.67. The van der Waals surface area contributed by atoms with Gasteiger partial charge in [0.15, 0.2) is 0 Å². The second-order valence-corrected chi connectivity index (χ2v) is 4.35. The van der Waals surface area contributed by atoms with E-state index in [1.165, 1.54) is 38.9 Å². The molecule has 2 heteroatoms. The van der Waals surface area contributed by atoms with Crippen LogP contribution in [0.2, 0.25) is 0 Å². The van der Waals surface area contributed by atoms with E-state index >= 15 is 0 Å². The summed E-state index contributed by atoms with van der Waals surface area (Å²) in [7, 11) is 0. The Kier molecular flexibility index (Phi) is 9.97. The maximum absolute atomic E-state index is 5.67. The molecule has 0 rings (SSSR count). The van der Waals surface area contributed by atoms with E-state index in [0.717, 1.165) is 18.2 Å². The van der Waals surface area contributed by atoms with E-state index in [1.807, 2.05) is 0 Å². The van der Waals surface area contributed by atoms with Crippen molar-refractivity contribution in [3.63, 3.8) is 0 Å². The van der Waals surface area contributed by atoms with Gasteiger partial charge in [0.2, 0.25) is 0 Å². The number of hydrogen-bond donors (Lipinski definition) is 0. The highest BCUT2D eigenvalue weighted by Crippen LogP contribution is 2.10. The third-order valence-electron chi connectivity index (χ3n) is 2.98. The lowest BCUT2D eigenvalue weighted by molar-refractivity contribution is 0.231. The van der Waals surface area contributed by atoms with Crippen LogP contribution in [0.1, 0.15) is 46.5 Å². The fourth-order valence-electron chi connectivity index (χ4n) is 1.72.